The molecule has 0 unspecified atom stereocenters. The van der Waals surface area contributed by atoms with Gasteiger partial charge in [-0.2, -0.15) is 0 Å². The maximum atomic E-state index is 13.2. The van der Waals surface area contributed by atoms with E-state index < -0.39 is 0 Å². The summed E-state index contributed by atoms with van der Waals surface area (Å²) < 4.78 is 26.5. The molecule has 0 saturated carbocycles. The predicted molar refractivity (Wildman–Crippen MR) is 88.8 cm³/mol. The van der Waals surface area contributed by atoms with Gasteiger partial charge in [0.05, 0.1) is 6.54 Å². The molecule has 6 heteroatoms. The van der Waals surface area contributed by atoms with Gasteiger partial charge in [0.25, 0.3) is 0 Å². The Morgan fingerprint density at radius 1 is 1.00 bits per heavy atom. The van der Waals surface area contributed by atoms with Crippen molar-refractivity contribution in [2.45, 2.75) is 12.3 Å². The number of carbonyl (C=O) groups is 2. The van der Waals surface area contributed by atoms with Crippen LogP contribution in [0.2, 0.25) is 0 Å². The lowest BCUT2D eigenvalue weighted by atomic mass is 9.88. The van der Waals surface area contributed by atoms with E-state index in [1.54, 1.807) is 24.3 Å². The summed E-state index contributed by atoms with van der Waals surface area (Å²) in [5.74, 6) is -1.40. The number of benzene rings is 2. The number of carbonyl (C=O) groups excluding carboxylic acids is 2. The summed E-state index contributed by atoms with van der Waals surface area (Å²) in [4.78, 5) is 25.6. The molecular weight excluding hydrogens is 326 g/mol. The molecule has 1 N–H and O–H groups in total. The first-order chi connectivity index (χ1) is 12.0. The number of rotatable bonds is 4. The smallest absolute Gasteiger partial charge is 0.239 e. The van der Waals surface area contributed by atoms with Gasteiger partial charge >= 0.3 is 0 Å². The van der Waals surface area contributed by atoms with Crippen molar-refractivity contribution in [1.29, 1.82) is 0 Å². The van der Waals surface area contributed by atoms with Gasteiger partial charge in [-0.3, -0.25) is 9.59 Å². The van der Waals surface area contributed by atoms with Gasteiger partial charge in [-0.15, -0.1) is 0 Å². The molecule has 0 radical (unpaired) electrons. The number of hydrogen-bond acceptors (Lipinski definition) is 2. The Morgan fingerprint density at radius 2 is 1.52 bits per heavy atom. The number of piperazine rings is 1. The fourth-order valence-corrected chi connectivity index (χ4v) is 2.97. The van der Waals surface area contributed by atoms with E-state index in [4.69, 9.17) is 0 Å². The zero-order chi connectivity index (χ0) is 17.8. The molecule has 0 aromatic heterocycles. The molecule has 2 aromatic rings. The summed E-state index contributed by atoms with van der Waals surface area (Å²) in [5.41, 5.74) is 1.53. The van der Waals surface area contributed by atoms with Crippen LogP contribution in [0.5, 0.6) is 0 Å². The Kier molecular flexibility index (Phi) is 5.07. The summed E-state index contributed by atoms with van der Waals surface area (Å²) in [6, 6.07) is 11.9. The van der Waals surface area contributed by atoms with Crippen LogP contribution in [0, 0.1) is 11.6 Å². The van der Waals surface area contributed by atoms with Crippen molar-refractivity contribution in [3.8, 4) is 0 Å². The SMILES string of the molecule is O=C1CN(C(=O)CC(c2ccc(F)cc2)c2ccc(F)cc2)CCN1. The molecule has 25 heavy (non-hydrogen) atoms. The zero-order valence-corrected chi connectivity index (χ0v) is 13.5. The molecule has 3 rings (SSSR count). The highest BCUT2D eigenvalue weighted by molar-refractivity contribution is 5.86. The summed E-state index contributed by atoms with van der Waals surface area (Å²) in [6.07, 6.45) is 0.130. The Morgan fingerprint density at radius 3 is 2.00 bits per heavy atom. The molecule has 130 valence electrons. The number of nitrogens with zero attached hydrogens (tertiary/aromatic N) is 1. The summed E-state index contributed by atoms with van der Waals surface area (Å²) in [7, 11) is 0. The average Bonchev–Trinajstić information content (AvgIpc) is 2.61. The summed E-state index contributed by atoms with van der Waals surface area (Å²) in [6.45, 7) is 0.935. The number of amides is 2. The molecule has 1 aliphatic rings. The van der Waals surface area contributed by atoms with Crippen LogP contribution in [0.3, 0.4) is 0 Å². The fourth-order valence-electron chi connectivity index (χ4n) is 2.97. The largest absolute Gasteiger partial charge is 0.353 e. The third-order valence-electron chi connectivity index (χ3n) is 4.31. The van der Waals surface area contributed by atoms with E-state index in [0.29, 0.717) is 13.1 Å². The zero-order valence-electron chi connectivity index (χ0n) is 13.5. The number of halogens is 2. The maximum Gasteiger partial charge on any atom is 0.239 e. The fraction of sp³-hybridized carbons (Fsp3) is 0.263. The van der Waals surface area contributed by atoms with Crippen molar-refractivity contribution in [3.63, 3.8) is 0 Å². The quantitative estimate of drug-likeness (QED) is 0.926. The van der Waals surface area contributed by atoms with Crippen LogP contribution in [0.15, 0.2) is 48.5 Å². The van der Waals surface area contributed by atoms with E-state index in [1.807, 2.05) is 0 Å². The van der Waals surface area contributed by atoms with Gasteiger partial charge in [0, 0.05) is 25.4 Å². The van der Waals surface area contributed by atoms with Crippen molar-refractivity contribution in [2.75, 3.05) is 19.6 Å². The van der Waals surface area contributed by atoms with E-state index in [0.717, 1.165) is 11.1 Å². The van der Waals surface area contributed by atoms with Gasteiger partial charge in [0.2, 0.25) is 11.8 Å². The van der Waals surface area contributed by atoms with Crippen molar-refractivity contribution < 1.29 is 18.4 Å². The summed E-state index contributed by atoms with van der Waals surface area (Å²) >= 11 is 0. The lowest BCUT2D eigenvalue weighted by molar-refractivity contribution is -0.138. The van der Waals surface area contributed by atoms with Gasteiger partial charge in [-0.05, 0) is 35.4 Å². The Labute approximate surface area is 144 Å². The molecule has 4 nitrogen and oxygen atoms in total. The van der Waals surface area contributed by atoms with Crippen molar-refractivity contribution in [1.82, 2.24) is 10.2 Å². The molecule has 1 heterocycles. The van der Waals surface area contributed by atoms with Crippen molar-refractivity contribution in [3.05, 3.63) is 71.3 Å². The van der Waals surface area contributed by atoms with Gasteiger partial charge in [-0.1, -0.05) is 24.3 Å². The summed E-state index contributed by atoms with van der Waals surface area (Å²) in [5, 5.41) is 2.68. The molecule has 0 spiro atoms. The van der Waals surface area contributed by atoms with Crippen LogP contribution < -0.4 is 5.32 Å². The number of nitrogens with one attached hydrogen (secondary N) is 1. The molecule has 2 amide bonds. The molecule has 1 aliphatic heterocycles. The third kappa shape index (κ3) is 4.21. The van der Waals surface area contributed by atoms with E-state index in [9.17, 15) is 18.4 Å². The Hall–Kier alpha value is -2.76. The Balaban J connectivity index is 1.85. The van der Waals surface area contributed by atoms with Crippen molar-refractivity contribution >= 4 is 11.8 Å². The molecule has 2 aromatic carbocycles. The monoisotopic (exact) mass is 344 g/mol. The first-order valence-corrected chi connectivity index (χ1v) is 8.08. The van der Waals surface area contributed by atoms with Crippen molar-refractivity contribution in [2.24, 2.45) is 0 Å². The second-order valence-corrected chi connectivity index (χ2v) is 6.03. The van der Waals surface area contributed by atoms with E-state index >= 15 is 0 Å². The average molecular weight is 344 g/mol. The first-order valence-electron chi connectivity index (χ1n) is 8.08. The topological polar surface area (TPSA) is 49.4 Å². The van der Waals surface area contributed by atoms with Crippen LogP contribution in [0.25, 0.3) is 0 Å². The van der Waals surface area contributed by atoms with Gasteiger partial charge in [0.1, 0.15) is 11.6 Å². The standard InChI is InChI=1S/C19H18F2N2O2/c20-15-5-1-13(2-6-15)17(14-3-7-16(21)8-4-14)11-19(25)23-10-9-22-18(24)12-23/h1-8,17H,9-12H2,(H,22,24). The molecule has 1 saturated heterocycles. The van der Waals surface area contributed by atoms with E-state index in [2.05, 4.69) is 5.32 Å². The highest BCUT2D eigenvalue weighted by Crippen LogP contribution is 2.29. The van der Waals surface area contributed by atoms with Crippen LogP contribution >= 0.6 is 0 Å². The van der Waals surface area contributed by atoms with Gasteiger partial charge in [-0.25, -0.2) is 8.78 Å². The second kappa shape index (κ2) is 7.42. The minimum absolute atomic E-state index is 0.0401. The van der Waals surface area contributed by atoms with Crippen LogP contribution in [-0.2, 0) is 9.59 Å². The maximum absolute atomic E-state index is 13.2. The molecule has 1 fully saturated rings. The van der Waals surface area contributed by atoms with Gasteiger partial charge < -0.3 is 10.2 Å². The highest BCUT2D eigenvalue weighted by atomic mass is 19.1. The second-order valence-electron chi connectivity index (χ2n) is 6.03. The highest BCUT2D eigenvalue weighted by Gasteiger charge is 2.25. The van der Waals surface area contributed by atoms with Crippen LogP contribution in [0.1, 0.15) is 23.5 Å². The predicted octanol–water partition coefficient (Wildman–Crippen LogP) is 2.45. The molecule has 0 atom stereocenters. The number of hydrogen-bond donors (Lipinski definition) is 1. The minimum Gasteiger partial charge on any atom is -0.353 e. The van der Waals surface area contributed by atoms with Crippen LogP contribution in [-0.4, -0.2) is 36.3 Å². The molecule has 0 bridgehead atoms. The van der Waals surface area contributed by atoms with E-state index in [1.165, 1.54) is 29.2 Å². The lowest BCUT2D eigenvalue weighted by Crippen LogP contribution is -2.50. The Bertz CT molecular complexity index is 714. The van der Waals surface area contributed by atoms with Crippen LogP contribution in [0.4, 0.5) is 8.78 Å². The minimum atomic E-state index is -0.361. The normalized spacial score (nSPS) is 14.5. The third-order valence-corrected chi connectivity index (χ3v) is 4.31. The van der Waals surface area contributed by atoms with Gasteiger partial charge in [0.15, 0.2) is 0 Å². The molecule has 0 aliphatic carbocycles. The first kappa shape index (κ1) is 17.1. The lowest BCUT2D eigenvalue weighted by Gasteiger charge is -2.28. The molecular formula is C19H18F2N2O2. The van der Waals surface area contributed by atoms with E-state index in [-0.39, 0.29) is 42.3 Å².